The third-order valence-corrected chi connectivity index (χ3v) is 4.60. The van der Waals surface area contributed by atoms with Crippen molar-refractivity contribution in [2.75, 3.05) is 26.2 Å². The number of benzene rings is 1. The molecule has 2 heteroatoms. The first-order valence-electron chi connectivity index (χ1n) is 7.33. The fourth-order valence-electron chi connectivity index (χ4n) is 3.36. The van der Waals surface area contributed by atoms with E-state index in [-0.39, 0.29) is 0 Å². The Bertz CT molecular complexity index is 402. The monoisotopic (exact) mass is 244 g/mol. The lowest BCUT2D eigenvalue weighted by Crippen LogP contribution is -2.32. The molecule has 98 valence electrons. The van der Waals surface area contributed by atoms with Gasteiger partial charge in [-0.05, 0) is 55.4 Å². The fraction of sp³-hybridized carbons (Fsp3) is 0.625. The zero-order valence-electron chi connectivity index (χ0n) is 11.4. The minimum atomic E-state index is 0.837. The average Bonchev–Trinajstić information content (AvgIpc) is 2.66. The van der Waals surface area contributed by atoms with Crippen LogP contribution in [0, 0.1) is 11.8 Å². The second-order valence-electron chi connectivity index (χ2n) is 6.00. The van der Waals surface area contributed by atoms with Crippen molar-refractivity contribution in [2.45, 2.75) is 26.3 Å². The van der Waals surface area contributed by atoms with Gasteiger partial charge >= 0.3 is 0 Å². The highest BCUT2D eigenvalue weighted by atomic mass is 15.1. The normalized spacial score (nSPS) is 28.9. The van der Waals surface area contributed by atoms with Crippen LogP contribution in [0.4, 0.5) is 0 Å². The molecule has 1 aromatic carbocycles. The Labute approximate surface area is 110 Å². The molecule has 2 atom stereocenters. The van der Waals surface area contributed by atoms with Crippen LogP contribution in [0.3, 0.4) is 0 Å². The first kappa shape index (κ1) is 12.2. The molecule has 2 heterocycles. The lowest BCUT2D eigenvalue weighted by atomic mass is 9.97. The predicted molar refractivity (Wildman–Crippen MR) is 75.6 cm³/mol. The van der Waals surface area contributed by atoms with Gasteiger partial charge in [-0.15, -0.1) is 0 Å². The molecule has 0 unspecified atom stereocenters. The summed E-state index contributed by atoms with van der Waals surface area (Å²) in [5.74, 6) is 1.68. The van der Waals surface area contributed by atoms with Crippen LogP contribution < -0.4 is 5.32 Å². The minimum Gasteiger partial charge on any atom is -0.316 e. The topological polar surface area (TPSA) is 15.3 Å². The molecular weight excluding hydrogens is 220 g/mol. The van der Waals surface area contributed by atoms with Gasteiger partial charge in [0.25, 0.3) is 0 Å². The van der Waals surface area contributed by atoms with Gasteiger partial charge in [0.2, 0.25) is 0 Å². The van der Waals surface area contributed by atoms with E-state index < -0.39 is 0 Å². The molecule has 0 bridgehead atoms. The maximum Gasteiger partial charge on any atom is 0.0236 e. The van der Waals surface area contributed by atoms with E-state index in [2.05, 4.69) is 41.4 Å². The number of hydrogen-bond donors (Lipinski definition) is 1. The summed E-state index contributed by atoms with van der Waals surface area (Å²) in [4.78, 5) is 2.67. The fourth-order valence-corrected chi connectivity index (χ4v) is 3.36. The summed E-state index contributed by atoms with van der Waals surface area (Å²) in [6.45, 7) is 8.48. The third kappa shape index (κ3) is 2.60. The van der Waals surface area contributed by atoms with Crippen molar-refractivity contribution in [1.29, 1.82) is 0 Å². The van der Waals surface area contributed by atoms with Crippen molar-refractivity contribution < 1.29 is 0 Å². The first-order chi connectivity index (χ1) is 8.83. The van der Waals surface area contributed by atoms with Crippen molar-refractivity contribution in [3.8, 4) is 0 Å². The van der Waals surface area contributed by atoms with Gasteiger partial charge in [0.15, 0.2) is 0 Å². The smallest absolute Gasteiger partial charge is 0.0236 e. The van der Waals surface area contributed by atoms with Gasteiger partial charge in [-0.25, -0.2) is 0 Å². The van der Waals surface area contributed by atoms with E-state index in [0.29, 0.717) is 0 Å². The number of nitrogens with zero attached hydrogens (tertiary/aromatic N) is 1. The molecule has 2 nitrogen and oxygen atoms in total. The SMILES string of the molecule is C[C@@H]1CNC[C@H]1CN1CCCc2ccccc2C1. The van der Waals surface area contributed by atoms with Gasteiger partial charge < -0.3 is 5.32 Å². The van der Waals surface area contributed by atoms with E-state index >= 15 is 0 Å². The molecular formula is C16H24N2. The van der Waals surface area contributed by atoms with Crippen LogP contribution in [0.25, 0.3) is 0 Å². The highest BCUT2D eigenvalue weighted by Crippen LogP contribution is 2.22. The van der Waals surface area contributed by atoms with Gasteiger partial charge in [0.05, 0.1) is 0 Å². The molecule has 2 aliphatic rings. The lowest BCUT2D eigenvalue weighted by Gasteiger charge is -2.25. The molecule has 0 aliphatic carbocycles. The van der Waals surface area contributed by atoms with Crippen LogP contribution in [0.2, 0.25) is 0 Å². The van der Waals surface area contributed by atoms with Crippen LogP contribution in [0.5, 0.6) is 0 Å². The van der Waals surface area contributed by atoms with E-state index in [1.54, 1.807) is 11.1 Å². The summed E-state index contributed by atoms with van der Waals surface area (Å²) in [5, 5.41) is 3.52. The average molecular weight is 244 g/mol. The molecule has 0 saturated carbocycles. The Balaban J connectivity index is 1.67. The first-order valence-corrected chi connectivity index (χ1v) is 7.33. The van der Waals surface area contributed by atoms with Gasteiger partial charge in [0, 0.05) is 13.1 Å². The maximum absolute atomic E-state index is 3.52. The lowest BCUT2D eigenvalue weighted by molar-refractivity contribution is 0.213. The summed E-state index contributed by atoms with van der Waals surface area (Å²) >= 11 is 0. The van der Waals surface area contributed by atoms with Crippen LogP contribution in [0.15, 0.2) is 24.3 Å². The largest absolute Gasteiger partial charge is 0.316 e. The zero-order valence-corrected chi connectivity index (χ0v) is 11.4. The highest BCUT2D eigenvalue weighted by molar-refractivity contribution is 5.28. The molecule has 1 fully saturated rings. The van der Waals surface area contributed by atoms with Crippen molar-refractivity contribution >= 4 is 0 Å². The van der Waals surface area contributed by atoms with Crippen LogP contribution >= 0.6 is 0 Å². The third-order valence-electron chi connectivity index (χ3n) is 4.60. The molecule has 0 amide bonds. The Morgan fingerprint density at radius 2 is 2.06 bits per heavy atom. The molecule has 3 rings (SSSR count). The van der Waals surface area contributed by atoms with E-state index in [4.69, 9.17) is 0 Å². The Morgan fingerprint density at radius 1 is 1.22 bits per heavy atom. The molecule has 1 N–H and O–H groups in total. The Morgan fingerprint density at radius 3 is 2.83 bits per heavy atom. The summed E-state index contributed by atoms with van der Waals surface area (Å²) in [5.41, 5.74) is 3.12. The van der Waals surface area contributed by atoms with Gasteiger partial charge in [0.1, 0.15) is 0 Å². The second-order valence-corrected chi connectivity index (χ2v) is 6.00. The second kappa shape index (κ2) is 5.41. The Kier molecular flexibility index (Phi) is 3.67. The van der Waals surface area contributed by atoms with Crippen LogP contribution in [0.1, 0.15) is 24.5 Å². The molecule has 2 aliphatic heterocycles. The van der Waals surface area contributed by atoms with Gasteiger partial charge in [-0.1, -0.05) is 31.2 Å². The molecule has 1 saturated heterocycles. The predicted octanol–water partition coefficient (Wildman–Crippen LogP) is 2.29. The van der Waals surface area contributed by atoms with Crippen molar-refractivity contribution in [3.05, 3.63) is 35.4 Å². The Hall–Kier alpha value is -0.860. The summed E-state index contributed by atoms with van der Waals surface area (Å²) in [6, 6.07) is 8.97. The zero-order chi connectivity index (χ0) is 12.4. The highest BCUT2D eigenvalue weighted by Gasteiger charge is 2.25. The van der Waals surface area contributed by atoms with Crippen LogP contribution in [-0.2, 0) is 13.0 Å². The quantitative estimate of drug-likeness (QED) is 0.858. The number of fused-ring (bicyclic) bond motifs is 1. The summed E-state index contributed by atoms with van der Waals surface area (Å²) < 4.78 is 0. The standard InChI is InChI=1S/C16H24N2/c1-13-9-17-10-16(13)12-18-8-4-7-14-5-2-3-6-15(14)11-18/h2-3,5-6,13,16-17H,4,7-12H2,1H3/t13-,16+/m1/s1. The molecule has 0 spiro atoms. The van der Waals surface area contributed by atoms with E-state index in [1.807, 2.05) is 0 Å². The van der Waals surface area contributed by atoms with E-state index in [9.17, 15) is 0 Å². The van der Waals surface area contributed by atoms with E-state index in [1.165, 1.54) is 39.0 Å². The molecule has 0 radical (unpaired) electrons. The van der Waals surface area contributed by atoms with Gasteiger partial charge in [-0.3, -0.25) is 4.90 Å². The van der Waals surface area contributed by atoms with E-state index in [0.717, 1.165) is 18.4 Å². The number of nitrogens with one attached hydrogen (secondary N) is 1. The van der Waals surface area contributed by atoms with Crippen molar-refractivity contribution in [2.24, 2.45) is 11.8 Å². The van der Waals surface area contributed by atoms with Crippen LogP contribution in [-0.4, -0.2) is 31.1 Å². The molecule has 18 heavy (non-hydrogen) atoms. The number of rotatable bonds is 2. The minimum absolute atomic E-state index is 0.837. The van der Waals surface area contributed by atoms with Crippen molar-refractivity contribution in [1.82, 2.24) is 10.2 Å². The van der Waals surface area contributed by atoms with Gasteiger partial charge in [-0.2, -0.15) is 0 Å². The molecule has 1 aromatic rings. The summed E-state index contributed by atoms with van der Waals surface area (Å²) in [7, 11) is 0. The number of aryl methyl sites for hydroxylation is 1. The molecule has 0 aromatic heterocycles. The maximum atomic E-state index is 3.52. The number of hydrogen-bond acceptors (Lipinski definition) is 2. The van der Waals surface area contributed by atoms with Crippen molar-refractivity contribution in [3.63, 3.8) is 0 Å². The summed E-state index contributed by atoms with van der Waals surface area (Å²) in [6.07, 6.45) is 2.57.